The van der Waals surface area contributed by atoms with Gasteiger partial charge < -0.3 is 5.11 Å². The molecule has 1 rings (SSSR count). The molecule has 0 amide bonds. The van der Waals surface area contributed by atoms with Crippen LogP contribution in [0, 0.1) is 20.8 Å². The van der Waals surface area contributed by atoms with Crippen LogP contribution in [-0.4, -0.2) is 11.0 Å². The van der Waals surface area contributed by atoms with Gasteiger partial charge in [-0.05, 0) is 37.5 Å². The summed E-state index contributed by atoms with van der Waals surface area (Å²) in [7, 11) is 0. The van der Waals surface area contributed by atoms with Crippen molar-refractivity contribution in [3.05, 3.63) is 34.4 Å². The molecular weight excluding hydrogens is 184 g/mol. The lowest BCUT2D eigenvalue weighted by atomic mass is 9.96. The predicted octanol–water partition coefficient (Wildman–Crippen LogP) is 2.88. The minimum absolute atomic E-state index is 0.255. The number of aliphatic hydroxyl groups excluding tert-OH is 1. The fourth-order valence-electron chi connectivity index (χ4n) is 1.79. The first kappa shape index (κ1) is 10.6. The maximum Gasteiger partial charge on any atom is 0.0930 e. The molecule has 0 aliphatic carbocycles. The molecular formula is C11H15ClO. The first-order valence-corrected chi connectivity index (χ1v) is 4.91. The quantitative estimate of drug-likeness (QED) is 0.725. The highest BCUT2D eigenvalue weighted by Gasteiger charge is 2.11. The molecule has 0 spiro atoms. The second kappa shape index (κ2) is 4.12. The van der Waals surface area contributed by atoms with Gasteiger partial charge in [-0.25, -0.2) is 0 Å². The summed E-state index contributed by atoms with van der Waals surface area (Å²) in [4.78, 5) is 0. The van der Waals surface area contributed by atoms with Gasteiger partial charge in [-0.1, -0.05) is 17.7 Å². The third-order valence-corrected chi connectivity index (χ3v) is 2.51. The van der Waals surface area contributed by atoms with Crippen LogP contribution in [0.5, 0.6) is 0 Å². The first-order chi connectivity index (χ1) is 6.06. The molecule has 1 atom stereocenters. The molecule has 1 aromatic rings. The van der Waals surface area contributed by atoms with Crippen LogP contribution in [0.2, 0.25) is 0 Å². The van der Waals surface area contributed by atoms with E-state index in [0.29, 0.717) is 0 Å². The summed E-state index contributed by atoms with van der Waals surface area (Å²) in [5.41, 5.74) is 4.43. The predicted molar refractivity (Wildman–Crippen MR) is 56.3 cm³/mol. The van der Waals surface area contributed by atoms with E-state index in [-0.39, 0.29) is 5.88 Å². The molecule has 13 heavy (non-hydrogen) atoms. The summed E-state index contributed by atoms with van der Waals surface area (Å²) in [5.74, 6) is 0.255. The van der Waals surface area contributed by atoms with Crippen molar-refractivity contribution >= 4 is 11.6 Å². The van der Waals surface area contributed by atoms with Gasteiger partial charge in [0, 0.05) is 0 Å². The molecule has 1 nitrogen and oxygen atoms in total. The summed E-state index contributed by atoms with van der Waals surface area (Å²) >= 11 is 5.62. The first-order valence-electron chi connectivity index (χ1n) is 4.38. The number of benzene rings is 1. The molecule has 0 bridgehead atoms. The normalized spacial score (nSPS) is 13.0. The van der Waals surface area contributed by atoms with E-state index in [1.54, 1.807) is 0 Å². The molecule has 0 saturated carbocycles. The van der Waals surface area contributed by atoms with E-state index in [1.807, 2.05) is 13.8 Å². The topological polar surface area (TPSA) is 20.2 Å². The Kier molecular flexibility index (Phi) is 3.34. The van der Waals surface area contributed by atoms with Crippen LogP contribution in [0.1, 0.15) is 28.4 Å². The summed E-state index contributed by atoms with van der Waals surface area (Å²) in [6.07, 6.45) is -0.540. The van der Waals surface area contributed by atoms with Crippen LogP contribution in [0.25, 0.3) is 0 Å². The zero-order chi connectivity index (χ0) is 10.0. The average molecular weight is 199 g/mol. The van der Waals surface area contributed by atoms with Gasteiger partial charge in [0.15, 0.2) is 0 Å². The van der Waals surface area contributed by atoms with E-state index < -0.39 is 6.10 Å². The van der Waals surface area contributed by atoms with Crippen molar-refractivity contribution in [1.29, 1.82) is 0 Å². The van der Waals surface area contributed by atoms with Gasteiger partial charge >= 0.3 is 0 Å². The van der Waals surface area contributed by atoms with E-state index in [0.717, 1.165) is 16.7 Å². The molecule has 1 unspecified atom stereocenters. The molecule has 0 radical (unpaired) electrons. The van der Waals surface area contributed by atoms with E-state index >= 15 is 0 Å². The van der Waals surface area contributed by atoms with Crippen LogP contribution in [0.15, 0.2) is 12.1 Å². The molecule has 0 aliphatic heterocycles. The third kappa shape index (κ3) is 2.23. The minimum atomic E-state index is -0.540. The molecule has 72 valence electrons. The largest absolute Gasteiger partial charge is 0.387 e. The standard InChI is InChI=1S/C11H15ClO/c1-7-4-8(2)11(9(3)5-7)10(13)6-12/h4-5,10,13H,6H2,1-3H3. The Morgan fingerprint density at radius 1 is 1.23 bits per heavy atom. The molecule has 0 saturated heterocycles. The Labute approximate surface area is 84.4 Å². The number of alkyl halides is 1. The van der Waals surface area contributed by atoms with E-state index in [9.17, 15) is 5.11 Å². The Morgan fingerprint density at radius 3 is 2.08 bits per heavy atom. The second-order valence-corrected chi connectivity index (χ2v) is 3.79. The van der Waals surface area contributed by atoms with Crippen LogP contribution in [-0.2, 0) is 0 Å². The number of hydrogen-bond acceptors (Lipinski definition) is 1. The van der Waals surface area contributed by atoms with Crippen LogP contribution >= 0.6 is 11.6 Å². The number of halogens is 1. The average Bonchev–Trinajstić information content (AvgIpc) is 2.02. The van der Waals surface area contributed by atoms with Gasteiger partial charge in [-0.2, -0.15) is 0 Å². The van der Waals surface area contributed by atoms with Gasteiger partial charge in [0.25, 0.3) is 0 Å². The number of hydrogen-bond donors (Lipinski definition) is 1. The summed E-state index contributed by atoms with van der Waals surface area (Å²) in [6, 6.07) is 4.14. The summed E-state index contributed by atoms with van der Waals surface area (Å²) < 4.78 is 0. The van der Waals surface area contributed by atoms with Crippen molar-refractivity contribution < 1.29 is 5.11 Å². The Bertz CT molecular complexity index is 284. The minimum Gasteiger partial charge on any atom is -0.387 e. The number of rotatable bonds is 2. The number of aliphatic hydroxyl groups is 1. The van der Waals surface area contributed by atoms with Crippen LogP contribution in [0.3, 0.4) is 0 Å². The third-order valence-electron chi connectivity index (χ3n) is 2.22. The molecule has 0 heterocycles. The van der Waals surface area contributed by atoms with Gasteiger partial charge in [-0.15, -0.1) is 11.6 Å². The molecule has 1 aromatic carbocycles. The van der Waals surface area contributed by atoms with Crippen LogP contribution in [0.4, 0.5) is 0 Å². The van der Waals surface area contributed by atoms with Gasteiger partial charge in [0.1, 0.15) is 0 Å². The Hall–Kier alpha value is -0.530. The Morgan fingerprint density at radius 2 is 1.69 bits per heavy atom. The lowest BCUT2D eigenvalue weighted by Gasteiger charge is -2.14. The number of aryl methyl sites for hydroxylation is 3. The van der Waals surface area contributed by atoms with E-state index in [2.05, 4.69) is 19.1 Å². The van der Waals surface area contributed by atoms with Gasteiger partial charge in [-0.3, -0.25) is 0 Å². The van der Waals surface area contributed by atoms with Crippen molar-refractivity contribution in [3.63, 3.8) is 0 Å². The lowest BCUT2D eigenvalue weighted by Crippen LogP contribution is -2.04. The molecule has 0 aliphatic rings. The molecule has 0 fully saturated rings. The van der Waals surface area contributed by atoms with Gasteiger partial charge in [0.05, 0.1) is 12.0 Å². The lowest BCUT2D eigenvalue weighted by molar-refractivity contribution is 0.201. The van der Waals surface area contributed by atoms with Crippen molar-refractivity contribution in [3.8, 4) is 0 Å². The highest BCUT2D eigenvalue weighted by Crippen LogP contribution is 2.24. The van der Waals surface area contributed by atoms with E-state index in [1.165, 1.54) is 5.56 Å². The Balaban J connectivity index is 3.20. The molecule has 2 heteroatoms. The zero-order valence-corrected chi connectivity index (χ0v) is 9.02. The van der Waals surface area contributed by atoms with Crippen molar-refractivity contribution in [2.24, 2.45) is 0 Å². The maximum absolute atomic E-state index is 9.65. The molecule has 0 aromatic heterocycles. The van der Waals surface area contributed by atoms with Crippen molar-refractivity contribution in [1.82, 2.24) is 0 Å². The summed E-state index contributed by atoms with van der Waals surface area (Å²) in [6.45, 7) is 6.06. The van der Waals surface area contributed by atoms with Crippen molar-refractivity contribution in [2.75, 3.05) is 5.88 Å². The maximum atomic E-state index is 9.65. The van der Waals surface area contributed by atoms with Gasteiger partial charge in [0.2, 0.25) is 0 Å². The van der Waals surface area contributed by atoms with Crippen molar-refractivity contribution in [2.45, 2.75) is 26.9 Å². The fourth-order valence-corrected chi connectivity index (χ4v) is 1.95. The SMILES string of the molecule is Cc1cc(C)c(C(O)CCl)c(C)c1. The smallest absolute Gasteiger partial charge is 0.0930 e. The molecule has 1 N–H and O–H groups in total. The zero-order valence-electron chi connectivity index (χ0n) is 8.26. The fraction of sp³-hybridized carbons (Fsp3) is 0.455. The highest BCUT2D eigenvalue weighted by molar-refractivity contribution is 6.18. The van der Waals surface area contributed by atoms with Crippen LogP contribution < -0.4 is 0 Å². The second-order valence-electron chi connectivity index (χ2n) is 3.48. The summed E-state index contributed by atoms with van der Waals surface area (Å²) in [5, 5.41) is 9.65. The van der Waals surface area contributed by atoms with E-state index in [4.69, 9.17) is 11.6 Å². The monoisotopic (exact) mass is 198 g/mol. The highest BCUT2D eigenvalue weighted by atomic mass is 35.5.